The molecule has 0 bridgehead atoms. The standard InChI is InChI=1S/C19H21F3N2O2/c1-2-15(26-17-6-4-3-5-16(17)19(20,21)22)12-24-18(25)14-9-7-13(11-23)8-10-14/h3-10,15H,2,11-12,23H2,1H3,(H,24,25). The highest BCUT2D eigenvalue weighted by Gasteiger charge is 2.34. The lowest BCUT2D eigenvalue weighted by molar-refractivity contribution is -0.139. The molecule has 0 aliphatic carbocycles. The van der Waals surface area contributed by atoms with E-state index in [0.717, 1.165) is 11.6 Å². The zero-order valence-corrected chi connectivity index (χ0v) is 14.3. The summed E-state index contributed by atoms with van der Waals surface area (Å²) < 4.78 is 44.6. The van der Waals surface area contributed by atoms with Crippen molar-refractivity contribution in [2.24, 2.45) is 5.73 Å². The third kappa shape index (κ3) is 5.23. The van der Waals surface area contributed by atoms with E-state index in [4.69, 9.17) is 10.5 Å². The number of para-hydroxylation sites is 1. The molecule has 140 valence electrons. The van der Waals surface area contributed by atoms with Gasteiger partial charge >= 0.3 is 6.18 Å². The van der Waals surface area contributed by atoms with Crippen LogP contribution in [0.3, 0.4) is 0 Å². The summed E-state index contributed by atoms with van der Waals surface area (Å²) in [4.78, 5) is 12.2. The minimum Gasteiger partial charge on any atom is -0.488 e. The van der Waals surface area contributed by atoms with Gasteiger partial charge in [-0.15, -0.1) is 0 Å². The Bertz CT molecular complexity index is 730. The van der Waals surface area contributed by atoms with E-state index in [1.807, 2.05) is 0 Å². The number of carbonyl (C=O) groups is 1. The first-order valence-electron chi connectivity index (χ1n) is 8.25. The summed E-state index contributed by atoms with van der Waals surface area (Å²) in [7, 11) is 0. The molecule has 0 aliphatic rings. The summed E-state index contributed by atoms with van der Waals surface area (Å²) in [5.74, 6) is -0.562. The van der Waals surface area contributed by atoms with E-state index in [-0.39, 0.29) is 18.2 Å². The maximum atomic E-state index is 13.0. The van der Waals surface area contributed by atoms with Crippen LogP contribution in [0.1, 0.15) is 34.8 Å². The number of rotatable bonds is 7. The number of carbonyl (C=O) groups excluding carboxylic acids is 1. The molecule has 0 aromatic heterocycles. The maximum Gasteiger partial charge on any atom is 0.419 e. The predicted molar refractivity (Wildman–Crippen MR) is 92.8 cm³/mol. The average molecular weight is 366 g/mol. The van der Waals surface area contributed by atoms with Crippen LogP contribution in [-0.2, 0) is 12.7 Å². The molecule has 7 heteroatoms. The summed E-state index contributed by atoms with van der Waals surface area (Å²) in [6.45, 7) is 2.26. The SMILES string of the molecule is CCC(CNC(=O)c1ccc(CN)cc1)Oc1ccccc1C(F)(F)F. The van der Waals surface area contributed by atoms with Crippen molar-refractivity contribution in [2.75, 3.05) is 6.54 Å². The number of hydrogen-bond donors (Lipinski definition) is 2. The molecule has 0 heterocycles. The van der Waals surface area contributed by atoms with Crippen molar-refractivity contribution in [1.29, 1.82) is 0 Å². The van der Waals surface area contributed by atoms with Gasteiger partial charge in [0.15, 0.2) is 0 Å². The average Bonchev–Trinajstić information content (AvgIpc) is 2.64. The molecule has 0 spiro atoms. The van der Waals surface area contributed by atoms with Gasteiger partial charge in [0.2, 0.25) is 0 Å². The van der Waals surface area contributed by atoms with Gasteiger partial charge < -0.3 is 15.8 Å². The predicted octanol–water partition coefficient (Wildman–Crippen LogP) is 3.75. The van der Waals surface area contributed by atoms with Crippen LogP contribution in [0.4, 0.5) is 13.2 Å². The van der Waals surface area contributed by atoms with Crippen molar-refractivity contribution in [3.8, 4) is 5.75 Å². The number of alkyl halides is 3. The Balaban J connectivity index is 2.00. The Hall–Kier alpha value is -2.54. The molecule has 4 nitrogen and oxygen atoms in total. The fraction of sp³-hybridized carbons (Fsp3) is 0.316. The molecule has 0 radical (unpaired) electrons. The first-order chi connectivity index (χ1) is 12.3. The van der Waals surface area contributed by atoms with Crippen molar-refractivity contribution >= 4 is 5.91 Å². The minimum atomic E-state index is -4.50. The molecule has 0 fully saturated rings. The normalized spacial score (nSPS) is 12.5. The smallest absolute Gasteiger partial charge is 0.419 e. The van der Waals surface area contributed by atoms with Crippen molar-refractivity contribution in [3.05, 3.63) is 65.2 Å². The van der Waals surface area contributed by atoms with E-state index in [2.05, 4.69) is 5.32 Å². The Morgan fingerprint density at radius 3 is 2.38 bits per heavy atom. The number of nitrogens with one attached hydrogen (secondary N) is 1. The highest BCUT2D eigenvalue weighted by Crippen LogP contribution is 2.36. The Morgan fingerprint density at radius 2 is 1.81 bits per heavy atom. The second-order valence-electron chi connectivity index (χ2n) is 5.75. The third-order valence-electron chi connectivity index (χ3n) is 3.88. The number of ether oxygens (including phenoxy) is 1. The largest absolute Gasteiger partial charge is 0.488 e. The van der Waals surface area contributed by atoms with Gasteiger partial charge in [0.1, 0.15) is 11.9 Å². The van der Waals surface area contributed by atoms with Gasteiger partial charge in [0, 0.05) is 12.1 Å². The van der Waals surface area contributed by atoms with E-state index in [9.17, 15) is 18.0 Å². The summed E-state index contributed by atoms with van der Waals surface area (Å²) in [5.41, 5.74) is 6.03. The van der Waals surface area contributed by atoms with Crippen LogP contribution in [0.15, 0.2) is 48.5 Å². The molecule has 2 aromatic carbocycles. The third-order valence-corrected chi connectivity index (χ3v) is 3.88. The van der Waals surface area contributed by atoms with Crippen molar-refractivity contribution in [3.63, 3.8) is 0 Å². The van der Waals surface area contributed by atoms with Crippen molar-refractivity contribution in [1.82, 2.24) is 5.32 Å². The first kappa shape index (κ1) is 19.8. The Morgan fingerprint density at radius 1 is 1.15 bits per heavy atom. The second kappa shape index (κ2) is 8.71. The van der Waals surface area contributed by atoms with E-state index in [0.29, 0.717) is 18.5 Å². The molecule has 1 unspecified atom stereocenters. The van der Waals surface area contributed by atoms with Crippen LogP contribution in [0.25, 0.3) is 0 Å². The maximum absolute atomic E-state index is 13.0. The van der Waals surface area contributed by atoms with E-state index in [1.165, 1.54) is 18.2 Å². The minimum absolute atomic E-state index is 0.0974. The summed E-state index contributed by atoms with van der Waals surface area (Å²) in [6, 6.07) is 11.8. The molecular formula is C19H21F3N2O2. The molecule has 2 rings (SSSR count). The van der Waals surface area contributed by atoms with Crippen LogP contribution in [0.2, 0.25) is 0 Å². The van der Waals surface area contributed by atoms with Gasteiger partial charge in [-0.2, -0.15) is 13.2 Å². The molecule has 0 aliphatic heterocycles. The molecule has 0 saturated heterocycles. The molecule has 2 aromatic rings. The topological polar surface area (TPSA) is 64.4 Å². The number of nitrogens with two attached hydrogens (primary N) is 1. The molecule has 1 atom stereocenters. The van der Waals surface area contributed by atoms with Gasteiger partial charge in [-0.3, -0.25) is 4.79 Å². The number of benzene rings is 2. The fourth-order valence-corrected chi connectivity index (χ4v) is 2.35. The zero-order valence-electron chi connectivity index (χ0n) is 14.3. The van der Waals surface area contributed by atoms with E-state index >= 15 is 0 Å². The van der Waals surface area contributed by atoms with Gasteiger partial charge in [0.25, 0.3) is 5.91 Å². The van der Waals surface area contributed by atoms with Crippen LogP contribution >= 0.6 is 0 Å². The lowest BCUT2D eigenvalue weighted by Crippen LogP contribution is -2.35. The molecule has 3 N–H and O–H groups in total. The molecular weight excluding hydrogens is 345 g/mol. The van der Waals surface area contributed by atoms with Gasteiger partial charge in [0.05, 0.1) is 12.1 Å². The second-order valence-corrected chi connectivity index (χ2v) is 5.75. The van der Waals surface area contributed by atoms with E-state index in [1.54, 1.807) is 31.2 Å². The van der Waals surface area contributed by atoms with Crippen LogP contribution in [-0.4, -0.2) is 18.6 Å². The number of amides is 1. The van der Waals surface area contributed by atoms with Gasteiger partial charge in [-0.05, 0) is 36.2 Å². The van der Waals surface area contributed by atoms with Crippen LogP contribution in [0, 0.1) is 0 Å². The molecule has 1 amide bonds. The Labute approximate surface area is 150 Å². The quantitative estimate of drug-likeness (QED) is 0.784. The van der Waals surface area contributed by atoms with Crippen molar-refractivity contribution in [2.45, 2.75) is 32.2 Å². The zero-order chi connectivity index (χ0) is 19.2. The molecule has 26 heavy (non-hydrogen) atoms. The van der Waals surface area contributed by atoms with Crippen LogP contribution < -0.4 is 15.8 Å². The highest BCUT2D eigenvalue weighted by molar-refractivity contribution is 5.94. The van der Waals surface area contributed by atoms with Crippen LogP contribution in [0.5, 0.6) is 5.75 Å². The lowest BCUT2D eigenvalue weighted by atomic mass is 10.1. The van der Waals surface area contributed by atoms with Gasteiger partial charge in [-0.25, -0.2) is 0 Å². The first-order valence-corrected chi connectivity index (χ1v) is 8.25. The Kier molecular flexibility index (Phi) is 6.63. The monoisotopic (exact) mass is 366 g/mol. The lowest BCUT2D eigenvalue weighted by Gasteiger charge is -2.21. The highest BCUT2D eigenvalue weighted by atomic mass is 19.4. The van der Waals surface area contributed by atoms with Gasteiger partial charge in [-0.1, -0.05) is 31.2 Å². The van der Waals surface area contributed by atoms with E-state index < -0.39 is 17.8 Å². The summed E-state index contributed by atoms with van der Waals surface area (Å²) in [6.07, 6.45) is -4.63. The summed E-state index contributed by atoms with van der Waals surface area (Å²) in [5, 5.41) is 2.69. The van der Waals surface area contributed by atoms with Crippen molar-refractivity contribution < 1.29 is 22.7 Å². The summed E-state index contributed by atoms with van der Waals surface area (Å²) >= 11 is 0. The molecule has 0 saturated carbocycles. The fourth-order valence-electron chi connectivity index (χ4n) is 2.35. The number of halogens is 3. The number of hydrogen-bond acceptors (Lipinski definition) is 3.